The Morgan fingerprint density at radius 2 is 1.63 bits per heavy atom. The van der Waals surface area contributed by atoms with Crippen LogP contribution < -0.4 is 9.47 Å². The number of aliphatic hydroxyl groups is 1. The van der Waals surface area contributed by atoms with Gasteiger partial charge in [0.2, 0.25) is 5.60 Å². The number of hydrogen-bond acceptors (Lipinski definition) is 8. The van der Waals surface area contributed by atoms with Crippen LogP contribution in [0, 0.1) is 16.0 Å². The number of nitro benzene ring substituents is 1. The van der Waals surface area contributed by atoms with E-state index in [0.29, 0.717) is 55.8 Å². The molecule has 276 valence electrons. The topological polar surface area (TPSA) is 148 Å². The Kier molecular flexibility index (Phi) is 10.5. The van der Waals surface area contributed by atoms with Crippen LogP contribution in [0.15, 0.2) is 72.9 Å². The number of likely N-dealkylation sites (tertiary alicyclic amines) is 2. The number of β-amino-alcohol motifs (C(OH)–C–C–N with tert-alkyl or cyclic N) is 1. The first-order valence-electron chi connectivity index (χ1n) is 17.0. The lowest BCUT2D eigenvalue weighted by atomic mass is 9.91. The van der Waals surface area contributed by atoms with Gasteiger partial charge in [0.15, 0.2) is 11.5 Å². The fraction of sp³-hybridized carbons (Fsp3) is 0.405. The normalized spacial score (nSPS) is 17.5. The van der Waals surface area contributed by atoms with Gasteiger partial charge in [-0.2, -0.15) is 13.2 Å². The highest BCUT2D eigenvalue weighted by Gasteiger charge is 2.57. The molecule has 52 heavy (non-hydrogen) atoms. The Labute approximate surface area is 297 Å². The van der Waals surface area contributed by atoms with Crippen LogP contribution in [0.5, 0.6) is 11.5 Å². The van der Waals surface area contributed by atoms with Gasteiger partial charge in [0.25, 0.3) is 11.6 Å². The number of nitrogens with zero attached hydrogens (tertiary/aromatic N) is 4. The number of benzene rings is 3. The fourth-order valence-corrected chi connectivity index (χ4v) is 7.06. The second kappa shape index (κ2) is 14.8. The van der Waals surface area contributed by atoms with Crippen molar-refractivity contribution in [2.75, 3.05) is 39.8 Å². The molecule has 3 aromatic carbocycles. The molecule has 1 unspecified atom stereocenters. The second-order valence-corrected chi connectivity index (χ2v) is 13.3. The summed E-state index contributed by atoms with van der Waals surface area (Å²) in [6.45, 7) is 0.409. The quantitative estimate of drug-likeness (QED) is 0.144. The number of halogens is 3. The lowest BCUT2D eigenvalue weighted by molar-refractivity contribution is -0.384. The minimum absolute atomic E-state index is 0.0679. The number of hydrogen-bond donors (Lipinski definition) is 2. The Bertz CT molecular complexity index is 1940. The number of aliphatic carboxylic acids is 1. The number of fused-ring (bicyclic) bond motifs is 1. The van der Waals surface area contributed by atoms with Gasteiger partial charge in [-0.1, -0.05) is 30.3 Å². The molecule has 2 aliphatic heterocycles. The lowest BCUT2D eigenvalue weighted by Crippen LogP contribution is -2.53. The number of nitro groups is 1. The zero-order valence-electron chi connectivity index (χ0n) is 28.4. The number of piperidine rings is 2. The van der Waals surface area contributed by atoms with Crippen molar-refractivity contribution in [1.29, 1.82) is 0 Å². The highest BCUT2D eigenvalue weighted by molar-refractivity contribution is 5.95. The molecular formula is C37H39F3N4O8. The van der Waals surface area contributed by atoms with Crippen LogP contribution in [0.25, 0.3) is 10.9 Å². The summed E-state index contributed by atoms with van der Waals surface area (Å²) in [5, 5.41) is 32.5. The van der Waals surface area contributed by atoms with Crippen molar-refractivity contribution in [2.45, 2.75) is 50.1 Å². The maximum absolute atomic E-state index is 14.9. The number of amides is 1. The van der Waals surface area contributed by atoms with E-state index in [-0.39, 0.29) is 53.8 Å². The zero-order chi connectivity index (χ0) is 37.2. The number of aromatic nitrogens is 1. The number of ether oxygens (including phenoxy) is 2. The largest absolute Gasteiger partial charge is 0.493 e. The molecule has 3 heterocycles. The molecule has 6 rings (SSSR count). The molecule has 1 aromatic heterocycles. The van der Waals surface area contributed by atoms with Crippen LogP contribution in [-0.4, -0.2) is 93.5 Å². The second-order valence-electron chi connectivity index (χ2n) is 13.3. The van der Waals surface area contributed by atoms with E-state index in [1.807, 2.05) is 0 Å². The Balaban J connectivity index is 1.16. The smallest absolute Gasteiger partial charge is 0.422 e. The van der Waals surface area contributed by atoms with Crippen molar-refractivity contribution in [2.24, 2.45) is 5.92 Å². The molecule has 12 nitrogen and oxygen atoms in total. The van der Waals surface area contributed by atoms with Crippen molar-refractivity contribution in [3.63, 3.8) is 0 Å². The third-order valence-corrected chi connectivity index (χ3v) is 10.0. The van der Waals surface area contributed by atoms with Crippen molar-refractivity contribution < 1.29 is 47.4 Å². The van der Waals surface area contributed by atoms with Gasteiger partial charge in [-0.15, -0.1) is 0 Å². The summed E-state index contributed by atoms with van der Waals surface area (Å²) >= 11 is 0. The van der Waals surface area contributed by atoms with Gasteiger partial charge in [0.05, 0.1) is 23.5 Å². The van der Waals surface area contributed by atoms with Crippen molar-refractivity contribution >= 4 is 28.5 Å². The van der Waals surface area contributed by atoms with Gasteiger partial charge in [-0.25, -0.2) is 0 Å². The predicted molar refractivity (Wildman–Crippen MR) is 183 cm³/mol. The standard InChI is InChI=1S/C37H39F3N4O8/c1-51-33-19-26(34(45)42-17-11-25(12-18-42)35(46)47)7-10-32(33)52-28-13-15-41(16-14-28)23-36(48,37(38,39)40)30-22-43(21-24-5-3-2-4-6-24)31-20-27(44(49)50)8-9-29(30)31/h2-10,19-20,22,25,28,48H,11-18,21,23H2,1H3,(H,46,47). The average Bonchev–Trinajstić information content (AvgIpc) is 3.50. The number of non-ortho nitro benzene ring substituents is 1. The van der Waals surface area contributed by atoms with Crippen molar-refractivity contribution in [3.8, 4) is 11.5 Å². The fourth-order valence-electron chi connectivity index (χ4n) is 7.06. The van der Waals surface area contributed by atoms with E-state index in [4.69, 9.17) is 9.47 Å². The molecule has 15 heteroatoms. The minimum atomic E-state index is -5.08. The molecule has 2 N–H and O–H groups in total. The van der Waals surface area contributed by atoms with E-state index in [0.717, 1.165) is 11.6 Å². The molecule has 0 radical (unpaired) electrons. The van der Waals surface area contributed by atoms with Crippen LogP contribution in [0.3, 0.4) is 0 Å². The Morgan fingerprint density at radius 3 is 2.25 bits per heavy atom. The third kappa shape index (κ3) is 7.55. The molecular weight excluding hydrogens is 685 g/mol. The number of carbonyl (C=O) groups is 2. The lowest BCUT2D eigenvalue weighted by Gasteiger charge is -2.39. The highest BCUT2D eigenvalue weighted by atomic mass is 19.4. The van der Waals surface area contributed by atoms with Gasteiger partial charge in [0.1, 0.15) is 6.10 Å². The zero-order valence-corrected chi connectivity index (χ0v) is 28.4. The summed E-state index contributed by atoms with van der Waals surface area (Å²) < 4.78 is 58.0. The van der Waals surface area contributed by atoms with Gasteiger partial charge in [0, 0.05) is 74.1 Å². The van der Waals surface area contributed by atoms with E-state index >= 15 is 0 Å². The first kappa shape index (κ1) is 36.6. The van der Waals surface area contributed by atoms with Crippen LogP contribution in [0.4, 0.5) is 18.9 Å². The summed E-state index contributed by atoms with van der Waals surface area (Å²) in [6.07, 6.45) is -2.77. The van der Waals surface area contributed by atoms with E-state index < -0.39 is 35.1 Å². The average molecular weight is 725 g/mol. The summed E-state index contributed by atoms with van der Waals surface area (Å²) in [5.74, 6) is -0.905. The van der Waals surface area contributed by atoms with Gasteiger partial charge in [-0.05, 0) is 55.5 Å². The number of alkyl halides is 3. The van der Waals surface area contributed by atoms with E-state index in [9.17, 15) is 43.1 Å². The maximum atomic E-state index is 14.9. The molecule has 4 aromatic rings. The molecule has 2 aliphatic rings. The monoisotopic (exact) mass is 724 g/mol. The molecule has 1 amide bonds. The molecule has 2 fully saturated rings. The van der Waals surface area contributed by atoms with Gasteiger partial charge >= 0.3 is 12.1 Å². The Hall–Kier alpha value is -5.15. The Morgan fingerprint density at radius 1 is 0.942 bits per heavy atom. The summed E-state index contributed by atoms with van der Waals surface area (Å²) in [6, 6.07) is 17.4. The molecule has 0 bridgehead atoms. The maximum Gasteiger partial charge on any atom is 0.422 e. The first-order valence-corrected chi connectivity index (χ1v) is 17.0. The van der Waals surface area contributed by atoms with Crippen molar-refractivity contribution in [1.82, 2.24) is 14.4 Å². The molecule has 0 aliphatic carbocycles. The van der Waals surface area contributed by atoms with Gasteiger partial charge in [-0.3, -0.25) is 24.6 Å². The first-order chi connectivity index (χ1) is 24.8. The molecule has 0 saturated carbocycles. The van der Waals surface area contributed by atoms with Gasteiger partial charge < -0.3 is 29.2 Å². The molecule has 1 atom stereocenters. The number of carbonyl (C=O) groups excluding carboxylic acids is 1. The SMILES string of the molecule is COc1cc(C(=O)N2CCC(C(=O)O)CC2)ccc1OC1CCN(CC(O)(c2cn(Cc3ccccc3)c3cc([N+](=O)[O-])ccc23)C(F)(F)F)CC1. The van der Waals surface area contributed by atoms with E-state index in [2.05, 4.69) is 0 Å². The highest BCUT2D eigenvalue weighted by Crippen LogP contribution is 2.44. The number of methoxy groups -OCH3 is 1. The third-order valence-electron chi connectivity index (χ3n) is 10.0. The van der Waals surface area contributed by atoms with Crippen LogP contribution in [0.2, 0.25) is 0 Å². The summed E-state index contributed by atoms with van der Waals surface area (Å²) in [7, 11) is 1.43. The number of carboxylic acid groups (broad SMARTS) is 1. The summed E-state index contributed by atoms with van der Waals surface area (Å²) in [5.41, 5.74) is -2.62. The van der Waals surface area contributed by atoms with Crippen LogP contribution in [0.1, 0.15) is 47.2 Å². The van der Waals surface area contributed by atoms with Crippen LogP contribution >= 0.6 is 0 Å². The van der Waals surface area contributed by atoms with E-state index in [1.165, 1.54) is 34.9 Å². The van der Waals surface area contributed by atoms with E-state index in [1.54, 1.807) is 53.4 Å². The molecule has 0 spiro atoms. The minimum Gasteiger partial charge on any atom is -0.493 e. The predicted octanol–water partition coefficient (Wildman–Crippen LogP) is 5.84. The number of carboxylic acids is 1. The molecule has 2 saturated heterocycles. The van der Waals surface area contributed by atoms with Crippen LogP contribution in [-0.2, 0) is 16.9 Å². The van der Waals surface area contributed by atoms with Crippen molar-refractivity contribution in [3.05, 3.63) is 99.7 Å². The number of rotatable bonds is 11. The summed E-state index contributed by atoms with van der Waals surface area (Å²) in [4.78, 5) is 38.5.